The van der Waals surface area contributed by atoms with Crippen LogP contribution in [0.15, 0.2) is 0 Å². The fourth-order valence-electron chi connectivity index (χ4n) is 3.37. The molecule has 2 unspecified atom stereocenters. The van der Waals surface area contributed by atoms with Gasteiger partial charge in [0.05, 0.1) is 0 Å². The predicted octanol–water partition coefficient (Wildman–Crippen LogP) is 4.28. The summed E-state index contributed by atoms with van der Waals surface area (Å²) in [5.74, 6) is 3.18. The Balaban J connectivity index is -0.000000171. The van der Waals surface area contributed by atoms with Gasteiger partial charge in [0, 0.05) is 0 Å². The van der Waals surface area contributed by atoms with Gasteiger partial charge in [0.2, 0.25) is 0 Å². The standard InChI is InChI=1S/2C12H26O2PS2.3Ca/c2*1-3-5-7-8-9-10-12-17(11-6-4-2)15(13,14)16;;;/h2*3-12H2,1-2H3;;;/q2*-3;3*+2. The third-order valence-corrected chi connectivity index (χ3v) is 19.7. The first-order valence-electron chi connectivity index (χ1n) is 13.4. The second-order valence-corrected chi connectivity index (χ2v) is 24.4. The van der Waals surface area contributed by atoms with Crippen LogP contribution in [0.3, 0.4) is 0 Å². The van der Waals surface area contributed by atoms with Crippen molar-refractivity contribution in [3.8, 4) is 0 Å². The average Bonchev–Trinajstić information content (AvgIpc) is 2.75. The first kappa shape index (κ1) is 52.4. The first-order valence-corrected chi connectivity index (χ1v) is 23.1. The minimum absolute atomic E-state index is 0. The van der Waals surface area contributed by atoms with Gasteiger partial charge in [0.1, 0.15) is 0 Å². The van der Waals surface area contributed by atoms with E-state index in [4.69, 9.17) is 0 Å². The van der Waals surface area contributed by atoms with E-state index in [9.17, 15) is 19.6 Å². The SMILES string of the molecule is CCCCCCCCS(CCCC)=P([O-])([O-])[S-].CCCCCCCCS(CCCC)=P([O-])([O-])[S-].[Ca+2].[Ca+2].[Ca+2]. The molecule has 0 N–H and O–H groups in total. The van der Waals surface area contributed by atoms with Crippen LogP contribution in [0.2, 0.25) is 0 Å². The molecule has 0 radical (unpaired) electrons. The molecule has 0 aromatic heterocycles. The Morgan fingerprint density at radius 1 is 0.405 bits per heavy atom. The van der Waals surface area contributed by atoms with Crippen molar-refractivity contribution < 1.29 is 19.6 Å². The third kappa shape index (κ3) is 38.0. The van der Waals surface area contributed by atoms with Gasteiger partial charge in [-0.15, -0.1) is 0 Å². The maximum absolute atomic E-state index is 11.5. The average molecular weight is 715 g/mol. The van der Waals surface area contributed by atoms with Gasteiger partial charge in [-0.1, -0.05) is 105 Å². The molecule has 2 atom stereocenters. The van der Waals surface area contributed by atoms with Crippen molar-refractivity contribution in [1.29, 1.82) is 0 Å². The summed E-state index contributed by atoms with van der Waals surface area (Å²) >= 11 is 9.30. The quantitative estimate of drug-likeness (QED) is 0.0810. The van der Waals surface area contributed by atoms with Crippen LogP contribution in [0.5, 0.6) is 0 Å². The van der Waals surface area contributed by atoms with E-state index < -0.39 is 31.5 Å². The molecule has 37 heavy (non-hydrogen) atoms. The monoisotopic (exact) mass is 714 g/mol. The van der Waals surface area contributed by atoms with Crippen LogP contribution in [-0.4, -0.2) is 136 Å². The van der Waals surface area contributed by atoms with Gasteiger partial charge in [-0.3, -0.25) is 0 Å². The molecular weight excluding hydrogens is 663 g/mol. The molecule has 0 aliphatic heterocycles. The zero-order valence-corrected chi connectivity index (χ0v) is 36.1. The Labute approximate surface area is 336 Å². The predicted molar refractivity (Wildman–Crippen MR) is 177 cm³/mol. The van der Waals surface area contributed by atoms with Crippen LogP contribution >= 0.6 is 11.4 Å². The van der Waals surface area contributed by atoms with Crippen LogP contribution < -0.4 is 19.6 Å². The smallest absolute Gasteiger partial charge is 0.854 e. The second kappa shape index (κ2) is 36.3. The zero-order chi connectivity index (χ0) is 26.3. The maximum Gasteiger partial charge on any atom is 2.00 e. The molecule has 212 valence electrons. The van der Waals surface area contributed by atoms with Crippen molar-refractivity contribution in [2.24, 2.45) is 0 Å². The fraction of sp³-hybridized carbons (Fsp3) is 1.00. The van der Waals surface area contributed by atoms with Crippen molar-refractivity contribution >= 4 is 169 Å². The summed E-state index contributed by atoms with van der Waals surface area (Å²) < 4.78 is 0. The molecular formula is C24H52Ca3O4P2S4. The fourth-order valence-corrected chi connectivity index (χ4v) is 13.9. The summed E-state index contributed by atoms with van der Waals surface area (Å²) in [5.41, 5.74) is -7.01. The van der Waals surface area contributed by atoms with Crippen LogP contribution in [0, 0.1) is 0 Å². The number of hydrogen-bond donors (Lipinski definition) is 0. The van der Waals surface area contributed by atoms with E-state index in [2.05, 4.69) is 52.2 Å². The summed E-state index contributed by atoms with van der Waals surface area (Å²) in [4.78, 5) is 45.8. The molecule has 0 aliphatic carbocycles. The molecule has 4 nitrogen and oxygen atoms in total. The molecule has 0 bridgehead atoms. The van der Waals surface area contributed by atoms with Gasteiger partial charge in [0.25, 0.3) is 0 Å². The van der Waals surface area contributed by atoms with Gasteiger partial charge in [-0.25, -0.2) is 20.1 Å². The van der Waals surface area contributed by atoms with Crippen LogP contribution in [0.25, 0.3) is 0 Å². The number of hydrogen-bond acceptors (Lipinski definition) is 6. The summed E-state index contributed by atoms with van der Waals surface area (Å²) in [6.45, 7) is 8.58. The molecule has 0 spiro atoms. The summed E-state index contributed by atoms with van der Waals surface area (Å²) in [7, 11) is -1.07. The van der Waals surface area contributed by atoms with E-state index in [1.807, 2.05) is 0 Å². The molecule has 0 saturated carbocycles. The normalized spacial score (nSPS) is 12.8. The maximum atomic E-state index is 11.5. The van der Waals surface area contributed by atoms with E-state index in [0.29, 0.717) is 0 Å². The summed E-state index contributed by atoms with van der Waals surface area (Å²) in [6.07, 6.45) is 18.6. The van der Waals surface area contributed by atoms with E-state index in [1.54, 1.807) is 0 Å². The van der Waals surface area contributed by atoms with Gasteiger partial charge in [-0.2, -0.15) is 0 Å². The molecule has 0 aromatic rings. The molecule has 0 rings (SSSR count). The van der Waals surface area contributed by atoms with E-state index in [-0.39, 0.29) is 113 Å². The Morgan fingerprint density at radius 3 is 0.865 bits per heavy atom. The van der Waals surface area contributed by atoms with E-state index in [1.165, 1.54) is 51.4 Å². The Bertz CT molecular complexity index is 526. The van der Waals surface area contributed by atoms with Crippen molar-refractivity contribution in [2.45, 2.75) is 130 Å². The largest absolute Gasteiger partial charge is 2.00 e. The van der Waals surface area contributed by atoms with E-state index in [0.717, 1.165) is 74.4 Å². The second-order valence-electron chi connectivity index (χ2n) is 8.88. The van der Waals surface area contributed by atoms with Gasteiger partial charge < -0.3 is 55.5 Å². The van der Waals surface area contributed by atoms with Crippen molar-refractivity contribution in [3.63, 3.8) is 0 Å². The Kier molecular flexibility index (Phi) is 51.5. The topological polar surface area (TPSA) is 92.2 Å². The molecule has 0 saturated heterocycles. The molecule has 0 aromatic carbocycles. The number of rotatable bonds is 20. The first-order chi connectivity index (χ1) is 16.0. The van der Waals surface area contributed by atoms with E-state index >= 15 is 0 Å². The third-order valence-electron chi connectivity index (χ3n) is 5.57. The van der Waals surface area contributed by atoms with Crippen molar-refractivity contribution in [3.05, 3.63) is 0 Å². The van der Waals surface area contributed by atoms with Gasteiger partial charge in [-0.05, 0) is 48.7 Å². The van der Waals surface area contributed by atoms with Crippen LogP contribution in [0.1, 0.15) is 130 Å². The summed E-state index contributed by atoms with van der Waals surface area (Å²) in [5, 5.41) is 0. The van der Waals surface area contributed by atoms with Crippen molar-refractivity contribution in [2.75, 3.05) is 23.0 Å². The minimum atomic E-state index is -3.51. The van der Waals surface area contributed by atoms with Crippen molar-refractivity contribution in [1.82, 2.24) is 0 Å². The molecule has 0 heterocycles. The minimum Gasteiger partial charge on any atom is -0.854 e. The molecule has 0 fully saturated rings. The Hall–Kier alpha value is 5.88. The molecule has 0 aliphatic rings. The Morgan fingerprint density at radius 2 is 0.622 bits per heavy atom. The molecule has 13 heteroatoms. The zero-order valence-electron chi connectivity index (χ0n) is 24.4. The van der Waals surface area contributed by atoms with Crippen LogP contribution in [0.4, 0.5) is 0 Å². The van der Waals surface area contributed by atoms with Gasteiger partial charge in [0.15, 0.2) is 0 Å². The van der Waals surface area contributed by atoms with Gasteiger partial charge >= 0.3 is 113 Å². The summed E-state index contributed by atoms with van der Waals surface area (Å²) in [6, 6.07) is 0. The molecule has 0 amide bonds. The van der Waals surface area contributed by atoms with Crippen LogP contribution in [-0.2, 0) is 44.6 Å². The number of unbranched alkanes of at least 4 members (excludes halogenated alkanes) is 12.